The number of alkyl halides is 1. The summed E-state index contributed by atoms with van der Waals surface area (Å²) in [5, 5.41) is 18.9. The Morgan fingerprint density at radius 1 is 1.64 bits per heavy atom. The number of nitrogens with zero attached hydrogens (tertiary/aromatic N) is 2. The van der Waals surface area contributed by atoms with Crippen LogP contribution in [-0.4, -0.2) is 44.2 Å². The van der Waals surface area contributed by atoms with Gasteiger partial charge in [-0.05, 0) is 6.07 Å². The molecule has 1 fully saturated rings. The zero-order valence-corrected chi connectivity index (χ0v) is 11.0. The first kappa shape index (κ1) is 16.2. The molecule has 0 radical (unpaired) electrons. The summed E-state index contributed by atoms with van der Waals surface area (Å²) in [5.41, 5.74) is 2.71. The summed E-state index contributed by atoms with van der Waals surface area (Å²) >= 11 is 0. The van der Waals surface area contributed by atoms with Crippen molar-refractivity contribution in [2.24, 2.45) is 0 Å². The van der Waals surface area contributed by atoms with Crippen molar-refractivity contribution in [3.8, 4) is 0 Å². The monoisotopic (exact) mass is 319 g/mol. The van der Waals surface area contributed by atoms with Gasteiger partial charge in [0.2, 0.25) is 5.67 Å². The van der Waals surface area contributed by atoms with Crippen LogP contribution >= 0.6 is 0 Å². The Morgan fingerprint density at radius 2 is 2.32 bits per heavy atom. The van der Waals surface area contributed by atoms with Crippen molar-refractivity contribution in [1.29, 1.82) is 0 Å². The molecule has 0 spiro atoms. The second-order valence-electron chi connectivity index (χ2n) is 4.57. The predicted octanol–water partition coefficient (Wildman–Crippen LogP) is -0.280. The van der Waals surface area contributed by atoms with E-state index in [2.05, 4.69) is 4.98 Å². The van der Waals surface area contributed by atoms with Gasteiger partial charge in [0, 0.05) is 12.3 Å². The molecule has 1 aromatic rings. The smallest absolute Gasteiger partial charge is 0.351 e. The third-order valence-electron chi connectivity index (χ3n) is 3.17. The van der Waals surface area contributed by atoms with Crippen LogP contribution in [-0.2, 0) is 4.74 Å². The Balaban J connectivity index is 2.56. The average molecular weight is 319 g/mol. The lowest BCUT2D eigenvalue weighted by Gasteiger charge is -2.25. The van der Waals surface area contributed by atoms with Crippen molar-refractivity contribution in [2.75, 3.05) is 12.3 Å². The molecule has 2 rings (SSSR count). The van der Waals surface area contributed by atoms with Crippen LogP contribution < -0.4 is 11.4 Å². The van der Waals surface area contributed by atoms with Gasteiger partial charge in [0.25, 0.3) is 0 Å². The van der Waals surface area contributed by atoms with Crippen LogP contribution in [0.2, 0.25) is 0 Å². The third-order valence-corrected chi connectivity index (χ3v) is 3.17. The van der Waals surface area contributed by atoms with Gasteiger partial charge in [-0.2, -0.15) is 13.8 Å². The lowest BCUT2D eigenvalue weighted by molar-refractivity contribution is -0.0555. The highest BCUT2D eigenvalue weighted by Gasteiger charge is 2.57. The first-order valence-electron chi connectivity index (χ1n) is 6.06. The van der Waals surface area contributed by atoms with Crippen molar-refractivity contribution in [1.82, 2.24) is 9.55 Å². The van der Waals surface area contributed by atoms with Gasteiger partial charge < -0.3 is 20.7 Å². The van der Waals surface area contributed by atoms with Gasteiger partial charge in [-0.15, -0.1) is 0 Å². The number of aliphatic hydroxyl groups excluding tert-OH is 2. The van der Waals surface area contributed by atoms with Gasteiger partial charge in [-0.3, -0.25) is 4.57 Å². The minimum absolute atomic E-state index is 0.131. The van der Waals surface area contributed by atoms with E-state index in [1.807, 2.05) is 0 Å². The van der Waals surface area contributed by atoms with Crippen LogP contribution in [0.1, 0.15) is 6.23 Å². The predicted molar refractivity (Wildman–Crippen MR) is 67.6 cm³/mol. The number of ether oxygens (including phenoxy) is 1. The zero-order valence-electron chi connectivity index (χ0n) is 11.0. The minimum Gasteiger partial charge on any atom is -0.394 e. The van der Waals surface area contributed by atoms with E-state index in [0.717, 1.165) is 6.20 Å². The SMILES string of the molecule is Nc1ccn([C@@H]2O[C@H](CO)[C@@H](O)[C@]2(F)C=C=C(F)F)c(=O)n1. The number of aromatic nitrogens is 2. The molecule has 2 heterocycles. The summed E-state index contributed by atoms with van der Waals surface area (Å²) in [6.45, 7) is -0.782. The third kappa shape index (κ3) is 2.77. The highest BCUT2D eigenvalue weighted by atomic mass is 19.3. The van der Waals surface area contributed by atoms with E-state index in [9.17, 15) is 23.1 Å². The fraction of sp³-hybridized carbons (Fsp3) is 0.417. The molecule has 0 aliphatic carbocycles. The van der Waals surface area contributed by atoms with Crippen LogP contribution in [0.15, 0.2) is 34.9 Å². The van der Waals surface area contributed by atoms with E-state index < -0.39 is 42.5 Å². The fourth-order valence-electron chi connectivity index (χ4n) is 2.12. The molecule has 0 bridgehead atoms. The lowest BCUT2D eigenvalue weighted by atomic mass is 9.96. The van der Waals surface area contributed by atoms with Gasteiger partial charge >= 0.3 is 11.8 Å². The molecule has 0 aromatic carbocycles. The van der Waals surface area contributed by atoms with Crippen molar-refractivity contribution < 1.29 is 28.1 Å². The second-order valence-corrected chi connectivity index (χ2v) is 4.57. The normalized spacial score (nSPS) is 30.9. The van der Waals surface area contributed by atoms with Crippen LogP contribution in [0.4, 0.5) is 19.0 Å². The van der Waals surface area contributed by atoms with Crippen molar-refractivity contribution >= 4 is 5.82 Å². The molecule has 0 amide bonds. The first-order chi connectivity index (χ1) is 10.3. The van der Waals surface area contributed by atoms with Crippen LogP contribution in [0.5, 0.6) is 0 Å². The average Bonchev–Trinajstić information content (AvgIpc) is 2.70. The summed E-state index contributed by atoms with van der Waals surface area (Å²) < 4.78 is 45.0. The van der Waals surface area contributed by atoms with Crippen LogP contribution in [0.3, 0.4) is 0 Å². The topological polar surface area (TPSA) is 111 Å². The standard InChI is InChI=1S/C12H12F3N3O4/c13-7(14)1-3-12(15)9(20)6(5-19)22-10(12)18-4-2-8(16)17-11(18)21/h2-4,6,9-10,19-20H,5H2,(H2,16,17,21)/t6-,9-,10-,12-/m1/s1. The molecule has 7 nitrogen and oxygen atoms in total. The number of rotatable bonds is 3. The summed E-state index contributed by atoms with van der Waals surface area (Å²) in [7, 11) is 0. The van der Waals surface area contributed by atoms with Gasteiger partial charge in [0.05, 0.1) is 6.61 Å². The summed E-state index contributed by atoms with van der Waals surface area (Å²) in [6, 6.07) is 1.17. The van der Waals surface area contributed by atoms with Gasteiger partial charge in [-0.25, -0.2) is 9.18 Å². The van der Waals surface area contributed by atoms with E-state index in [-0.39, 0.29) is 11.9 Å². The first-order valence-corrected chi connectivity index (χ1v) is 6.06. The number of halogens is 3. The number of hydrogen-bond donors (Lipinski definition) is 3. The van der Waals surface area contributed by atoms with E-state index in [0.29, 0.717) is 4.57 Å². The van der Waals surface area contributed by atoms with Crippen molar-refractivity contribution in [3.63, 3.8) is 0 Å². The largest absolute Gasteiger partial charge is 0.394 e. The van der Waals surface area contributed by atoms with Crippen LogP contribution in [0, 0.1) is 0 Å². The molecule has 4 atom stereocenters. The minimum atomic E-state index is -2.92. The molecule has 22 heavy (non-hydrogen) atoms. The number of nitrogen functional groups attached to an aromatic ring is 1. The summed E-state index contributed by atoms with van der Waals surface area (Å²) in [5.74, 6) is -0.131. The number of hydrogen-bond acceptors (Lipinski definition) is 6. The zero-order chi connectivity index (χ0) is 16.5. The molecule has 4 N–H and O–H groups in total. The lowest BCUT2D eigenvalue weighted by Crippen LogP contribution is -2.43. The van der Waals surface area contributed by atoms with Gasteiger partial charge in [0.15, 0.2) is 6.23 Å². The number of nitrogens with two attached hydrogens (primary N) is 1. The number of anilines is 1. The van der Waals surface area contributed by atoms with Gasteiger partial charge in [0.1, 0.15) is 18.0 Å². The molecule has 1 aliphatic rings. The Labute approximate surface area is 121 Å². The fourth-order valence-corrected chi connectivity index (χ4v) is 2.12. The highest BCUT2D eigenvalue weighted by Crippen LogP contribution is 2.42. The van der Waals surface area contributed by atoms with Crippen molar-refractivity contribution in [3.05, 3.63) is 40.6 Å². The van der Waals surface area contributed by atoms with Crippen LogP contribution in [0.25, 0.3) is 0 Å². The molecule has 0 unspecified atom stereocenters. The van der Waals surface area contributed by atoms with E-state index in [4.69, 9.17) is 15.6 Å². The van der Waals surface area contributed by atoms with E-state index >= 15 is 0 Å². The number of aliphatic hydroxyl groups is 2. The maximum Gasteiger partial charge on any atom is 0.351 e. The van der Waals surface area contributed by atoms with E-state index in [1.54, 1.807) is 0 Å². The maximum absolute atomic E-state index is 15.0. The van der Waals surface area contributed by atoms with Crippen molar-refractivity contribution in [2.45, 2.75) is 24.1 Å². The molecule has 120 valence electrons. The van der Waals surface area contributed by atoms with E-state index in [1.165, 1.54) is 11.8 Å². The highest BCUT2D eigenvalue weighted by molar-refractivity contribution is 5.24. The maximum atomic E-state index is 15.0. The Kier molecular flexibility index (Phi) is 4.38. The second kappa shape index (κ2) is 5.93. The molecular formula is C12H12F3N3O4. The molecule has 10 heteroatoms. The Bertz CT molecular complexity index is 684. The molecular weight excluding hydrogens is 307 g/mol. The molecule has 1 saturated heterocycles. The molecule has 1 aromatic heterocycles. The summed E-state index contributed by atoms with van der Waals surface area (Å²) in [6.07, 6.45) is -6.24. The Hall–Kier alpha value is -2.13. The summed E-state index contributed by atoms with van der Waals surface area (Å²) in [4.78, 5) is 15.1. The molecule has 0 saturated carbocycles. The molecule has 1 aliphatic heterocycles. The van der Waals surface area contributed by atoms with Gasteiger partial charge in [-0.1, -0.05) is 5.73 Å². The quantitative estimate of drug-likeness (QED) is 0.661. The Morgan fingerprint density at radius 3 is 2.86 bits per heavy atom.